The molecule has 0 spiro atoms. The molecule has 3 heterocycles. The van der Waals surface area contributed by atoms with Crippen LogP contribution in [0.5, 0.6) is 11.6 Å². The maximum Gasteiger partial charge on any atom is 0.405 e. The van der Waals surface area contributed by atoms with E-state index in [0.717, 1.165) is 5.39 Å². The average Bonchev–Trinajstić information content (AvgIpc) is 4.00. The van der Waals surface area contributed by atoms with Crippen LogP contribution in [0.4, 0.5) is 9.18 Å². The summed E-state index contributed by atoms with van der Waals surface area (Å²) in [6.07, 6.45) is 5.03. The minimum atomic E-state index is -4.38. The molecule has 4 aliphatic rings. The van der Waals surface area contributed by atoms with Gasteiger partial charge in [-0.25, -0.2) is 22.6 Å². The molecule has 1 aromatic heterocycles. The molecule has 1 aromatic carbocycles. The number of alkyl halides is 1. The molecule has 2 saturated carbocycles. The van der Waals surface area contributed by atoms with E-state index in [1.165, 1.54) is 18.2 Å². The number of pyridine rings is 1. The standard InChI is InChI=1S/C35H44FN5O9S/c1-20-8-4-5-9-22-16-35(22,32(44)40-51(47,48)34(19-36)12-13-34)39-29(42)26-15-23(18-41(26)31(43)28(21(2)14-20)38-33(45)46)50-30-25-11-7-6-10-24(25)27(49-3)17-37-30/h5-7,9-11,17,20-23,26,28,38H,4,8,12-16,18-19H2,1-3H3,(H,39,42)(H,40,44)(H,45,46)/b9-5-/t20-,21-,22-,23-,26+,28+,35-/m1/s1. The van der Waals surface area contributed by atoms with Gasteiger partial charge in [-0.2, -0.15) is 0 Å². The van der Waals surface area contributed by atoms with Gasteiger partial charge in [-0.15, -0.1) is 0 Å². The van der Waals surface area contributed by atoms with Crippen molar-refractivity contribution in [2.24, 2.45) is 17.8 Å². The van der Waals surface area contributed by atoms with Crippen LogP contribution in [0.15, 0.2) is 42.6 Å². The molecule has 16 heteroatoms. The van der Waals surface area contributed by atoms with Crippen LogP contribution in [0, 0.1) is 17.8 Å². The first-order chi connectivity index (χ1) is 24.2. The highest BCUT2D eigenvalue weighted by Gasteiger charge is 2.64. The average molecular weight is 730 g/mol. The Hall–Kier alpha value is -4.47. The first kappa shape index (κ1) is 36.3. The third-order valence-electron chi connectivity index (χ3n) is 10.8. The van der Waals surface area contributed by atoms with Gasteiger partial charge in [-0.3, -0.25) is 19.1 Å². The number of nitrogens with one attached hydrogen (secondary N) is 3. The van der Waals surface area contributed by atoms with Crippen LogP contribution in [0.3, 0.4) is 0 Å². The number of amides is 4. The largest absolute Gasteiger partial charge is 0.494 e. The van der Waals surface area contributed by atoms with Crippen molar-refractivity contribution in [1.29, 1.82) is 0 Å². The second kappa shape index (κ2) is 13.9. The fraction of sp³-hybridized carbons (Fsp3) is 0.571. The third-order valence-corrected chi connectivity index (χ3v) is 12.9. The van der Waals surface area contributed by atoms with Gasteiger partial charge in [0.1, 0.15) is 40.9 Å². The molecule has 1 saturated heterocycles. The quantitative estimate of drug-likeness (QED) is 0.294. The van der Waals surface area contributed by atoms with Crippen molar-refractivity contribution >= 4 is 44.6 Å². The molecular weight excluding hydrogens is 685 g/mol. The Bertz CT molecular complexity index is 1850. The molecule has 4 N–H and O–H groups in total. The number of methoxy groups -OCH3 is 1. The lowest BCUT2D eigenvalue weighted by molar-refractivity contribution is -0.142. The van der Waals surface area contributed by atoms with E-state index in [2.05, 4.69) is 20.3 Å². The summed E-state index contributed by atoms with van der Waals surface area (Å²) in [5, 5.41) is 16.2. The summed E-state index contributed by atoms with van der Waals surface area (Å²) >= 11 is 0. The molecular formula is C35H44FN5O9S. The van der Waals surface area contributed by atoms with E-state index in [1.54, 1.807) is 25.1 Å². The van der Waals surface area contributed by atoms with Crippen LogP contribution in [0.1, 0.15) is 58.8 Å². The fourth-order valence-corrected chi connectivity index (χ4v) is 8.86. The Balaban J connectivity index is 1.34. The number of carbonyl (C=O) groups excluding carboxylic acids is 3. The molecule has 0 unspecified atom stereocenters. The molecule has 14 nitrogen and oxygen atoms in total. The Morgan fingerprint density at radius 2 is 1.88 bits per heavy atom. The summed E-state index contributed by atoms with van der Waals surface area (Å²) in [5.41, 5.74) is -1.66. The van der Waals surface area contributed by atoms with Gasteiger partial charge in [0.15, 0.2) is 0 Å². The number of aromatic nitrogens is 1. The zero-order valence-corrected chi connectivity index (χ0v) is 29.6. The lowest BCUT2D eigenvalue weighted by Gasteiger charge is -2.32. The number of carboxylic acid groups (broad SMARTS) is 1. The highest BCUT2D eigenvalue weighted by atomic mass is 32.2. The van der Waals surface area contributed by atoms with E-state index in [4.69, 9.17) is 9.47 Å². The Morgan fingerprint density at radius 3 is 2.55 bits per heavy atom. The summed E-state index contributed by atoms with van der Waals surface area (Å²) in [7, 11) is -2.86. The van der Waals surface area contributed by atoms with Crippen LogP contribution in [-0.4, -0.2) is 96.0 Å². The monoisotopic (exact) mass is 729 g/mol. The summed E-state index contributed by atoms with van der Waals surface area (Å²) in [6, 6.07) is 4.88. The van der Waals surface area contributed by atoms with Gasteiger partial charge < -0.3 is 30.1 Å². The number of fused-ring (bicyclic) bond motifs is 3. The topological polar surface area (TPSA) is 193 Å². The van der Waals surface area contributed by atoms with Gasteiger partial charge in [0.05, 0.1) is 19.9 Å². The molecule has 51 heavy (non-hydrogen) atoms. The molecule has 0 bridgehead atoms. The molecule has 2 aliphatic heterocycles. The number of sulfonamides is 1. The normalized spacial score (nSPS) is 31.2. The number of rotatable bonds is 8. The number of hydrogen-bond acceptors (Lipinski definition) is 9. The van der Waals surface area contributed by atoms with Gasteiger partial charge in [0.25, 0.3) is 5.91 Å². The van der Waals surface area contributed by atoms with Crippen LogP contribution >= 0.6 is 0 Å². The van der Waals surface area contributed by atoms with Gasteiger partial charge in [0, 0.05) is 23.1 Å². The van der Waals surface area contributed by atoms with E-state index < -0.39 is 80.8 Å². The molecule has 0 radical (unpaired) electrons. The van der Waals surface area contributed by atoms with Crippen molar-refractivity contribution in [3.8, 4) is 11.6 Å². The molecule has 7 atom stereocenters. The van der Waals surface area contributed by atoms with E-state index in [1.807, 2.05) is 25.1 Å². The van der Waals surface area contributed by atoms with Crippen molar-refractivity contribution < 1.29 is 46.6 Å². The SMILES string of the molecule is COc1cnc(O[C@@H]2C[C@H]3C(=O)N[C@]4(C(=O)NS(=O)(=O)C5(CF)CC5)C[C@H]4/C=C\CC[C@@H](C)C[C@@H](C)[C@H](NC(=O)O)C(=O)N3C2)c2ccccc12. The second-order valence-corrected chi connectivity index (χ2v) is 16.5. The Kier molecular flexibility index (Phi) is 9.92. The number of benzene rings is 1. The third kappa shape index (κ3) is 7.06. The predicted molar refractivity (Wildman–Crippen MR) is 183 cm³/mol. The van der Waals surface area contributed by atoms with Crippen molar-refractivity contribution in [3.63, 3.8) is 0 Å². The summed E-state index contributed by atoms with van der Waals surface area (Å²) in [5.74, 6) is -2.47. The van der Waals surface area contributed by atoms with Gasteiger partial charge >= 0.3 is 6.09 Å². The number of hydrogen-bond donors (Lipinski definition) is 4. The van der Waals surface area contributed by atoms with Crippen molar-refractivity contribution in [2.45, 2.75) is 87.3 Å². The molecule has 2 aliphatic carbocycles. The number of allylic oxidation sites excluding steroid dienone is 1. The zero-order valence-electron chi connectivity index (χ0n) is 28.8. The lowest BCUT2D eigenvalue weighted by atomic mass is 9.88. The zero-order chi connectivity index (χ0) is 36.7. The van der Waals surface area contributed by atoms with Gasteiger partial charge in [-0.05, 0) is 56.4 Å². The number of ether oxygens (including phenoxy) is 2. The van der Waals surface area contributed by atoms with Crippen molar-refractivity contribution in [3.05, 3.63) is 42.6 Å². The summed E-state index contributed by atoms with van der Waals surface area (Å²) in [4.78, 5) is 60.0. The van der Waals surface area contributed by atoms with Crippen molar-refractivity contribution in [1.82, 2.24) is 25.2 Å². The Labute approximate surface area is 295 Å². The lowest BCUT2D eigenvalue weighted by Crippen LogP contribution is -2.59. The highest BCUT2D eigenvalue weighted by molar-refractivity contribution is 7.91. The highest BCUT2D eigenvalue weighted by Crippen LogP contribution is 2.48. The molecule has 276 valence electrons. The minimum absolute atomic E-state index is 0.0361. The van der Waals surface area contributed by atoms with Crippen LogP contribution in [0.2, 0.25) is 0 Å². The molecule has 3 fully saturated rings. The summed E-state index contributed by atoms with van der Waals surface area (Å²) < 4.78 is 52.1. The van der Waals surface area contributed by atoms with Crippen LogP contribution in [0.25, 0.3) is 10.8 Å². The van der Waals surface area contributed by atoms with Crippen molar-refractivity contribution in [2.75, 3.05) is 20.3 Å². The van der Waals surface area contributed by atoms with E-state index in [0.29, 0.717) is 30.4 Å². The maximum atomic E-state index is 14.3. The maximum absolute atomic E-state index is 14.3. The molecule has 6 rings (SSSR count). The number of nitrogens with zero attached hydrogens (tertiary/aromatic N) is 2. The predicted octanol–water partition coefficient (Wildman–Crippen LogP) is 3.06. The Morgan fingerprint density at radius 1 is 1.16 bits per heavy atom. The van der Waals surface area contributed by atoms with Gasteiger partial charge in [-0.1, -0.05) is 44.2 Å². The van der Waals surface area contributed by atoms with E-state index in [-0.39, 0.29) is 44.0 Å². The fourth-order valence-electron chi connectivity index (χ4n) is 7.44. The first-order valence-corrected chi connectivity index (χ1v) is 18.7. The number of carbonyl (C=O) groups is 4. The van der Waals surface area contributed by atoms with Gasteiger partial charge in [0.2, 0.25) is 27.7 Å². The second-order valence-electron chi connectivity index (χ2n) is 14.4. The summed E-state index contributed by atoms with van der Waals surface area (Å²) in [6.45, 7) is 2.55. The van der Waals surface area contributed by atoms with Crippen LogP contribution < -0.4 is 24.8 Å². The van der Waals surface area contributed by atoms with E-state index >= 15 is 0 Å². The smallest absolute Gasteiger partial charge is 0.405 e. The minimum Gasteiger partial charge on any atom is -0.494 e. The number of halogens is 1. The first-order valence-electron chi connectivity index (χ1n) is 17.2. The van der Waals surface area contributed by atoms with Crippen LogP contribution in [-0.2, 0) is 24.4 Å². The molecule has 4 amide bonds. The molecule has 2 aromatic rings. The van der Waals surface area contributed by atoms with E-state index in [9.17, 15) is 37.1 Å².